The Morgan fingerprint density at radius 3 is 2.81 bits per heavy atom. The molecule has 1 nitrogen and oxygen atoms in total. The average Bonchev–Trinajstić information content (AvgIpc) is 2.78. The first-order chi connectivity index (χ1) is 7.86. The predicted octanol–water partition coefficient (Wildman–Crippen LogP) is 4.27. The SMILES string of the molecule is Cc1ccc2sccc2c1-c1ccccn1. The molecule has 0 atom stereocenters. The van der Waals surface area contributed by atoms with E-state index in [4.69, 9.17) is 0 Å². The van der Waals surface area contributed by atoms with Crippen LogP contribution < -0.4 is 0 Å². The molecule has 0 saturated heterocycles. The molecule has 2 heterocycles. The Morgan fingerprint density at radius 1 is 1.06 bits per heavy atom. The number of rotatable bonds is 1. The van der Waals surface area contributed by atoms with Gasteiger partial charge in [0.2, 0.25) is 0 Å². The molecule has 0 aliphatic rings. The number of thiophene rings is 1. The van der Waals surface area contributed by atoms with E-state index in [0.717, 1.165) is 5.69 Å². The topological polar surface area (TPSA) is 12.9 Å². The van der Waals surface area contributed by atoms with Gasteiger partial charge in [-0.05, 0) is 42.1 Å². The number of aryl methyl sites for hydroxylation is 1. The van der Waals surface area contributed by atoms with Gasteiger partial charge in [0.05, 0.1) is 5.69 Å². The highest BCUT2D eigenvalue weighted by molar-refractivity contribution is 7.17. The van der Waals surface area contributed by atoms with Crippen LogP contribution in [0, 0.1) is 6.92 Å². The van der Waals surface area contributed by atoms with Gasteiger partial charge < -0.3 is 0 Å². The molecule has 0 aliphatic heterocycles. The summed E-state index contributed by atoms with van der Waals surface area (Å²) in [6.45, 7) is 2.14. The molecule has 0 spiro atoms. The van der Waals surface area contributed by atoms with Crippen molar-refractivity contribution in [3.05, 3.63) is 53.5 Å². The molecule has 0 N–H and O–H groups in total. The fourth-order valence-corrected chi connectivity index (χ4v) is 2.80. The van der Waals surface area contributed by atoms with Gasteiger partial charge in [0.15, 0.2) is 0 Å². The molecule has 3 aromatic rings. The van der Waals surface area contributed by atoms with Gasteiger partial charge in [-0.3, -0.25) is 4.98 Å². The van der Waals surface area contributed by atoms with Crippen molar-refractivity contribution < 1.29 is 0 Å². The second-order valence-corrected chi connectivity index (χ2v) is 4.75. The van der Waals surface area contributed by atoms with E-state index < -0.39 is 0 Å². The van der Waals surface area contributed by atoms with Gasteiger partial charge in [-0.15, -0.1) is 11.3 Å². The summed E-state index contributed by atoms with van der Waals surface area (Å²) in [5.74, 6) is 0. The highest BCUT2D eigenvalue weighted by Crippen LogP contribution is 2.33. The van der Waals surface area contributed by atoms with Crippen LogP contribution in [-0.4, -0.2) is 4.98 Å². The molecule has 2 aromatic heterocycles. The van der Waals surface area contributed by atoms with Gasteiger partial charge in [0, 0.05) is 21.8 Å². The summed E-state index contributed by atoms with van der Waals surface area (Å²) in [5.41, 5.74) is 3.60. The van der Waals surface area contributed by atoms with Crippen molar-refractivity contribution in [2.45, 2.75) is 6.92 Å². The monoisotopic (exact) mass is 225 g/mol. The van der Waals surface area contributed by atoms with Gasteiger partial charge in [0.1, 0.15) is 0 Å². The lowest BCUT2D eigenvalue weighted by Gasteiger charge is -2.06. The third kappa shape index (κ3) is 1.42. The first-order valence-electron chi connectivity index (χ1n) is 5.24. The van der Waals surface area contributed by atoms with Crippen molar-refractivity contribution in [3.8, 4) is 11.3 Å². The van der Waals surface area contributed by atoms with E-state index in [-0.39, 0.29) is 0 Å². The van der Waals surface area contributed by atoms with Crippen LogP contribution in [0.1, 0.15) is 5.56 Å². The number of hydrogen-bond donors (Lipinski definition) is 0. The smallest absolute Gasteiger partial charge is 0.0711 e. The lowest BCUT2D eigenvalue weighted by atomic mass is 10.0. The normalized spacial score (nSPS) is 10.8. The van der Waals surface area contributed by atoms with Gasteiger partial charge in [-0.2, -0.15) is 0 Å². The zero-order valence-electron chi connectivity index (χ0n) is 8.97. The molecule has 0 amide bonds. The van der Waals surface area contributed by atoms with E-state index in [9.17, 15) is 0 Å². The number of aromatic nitrogens is 1. The van der Waals surface area contributed by atoms with E-state index >= 15 is 0 Å². The van der Waals surface area contributed by atoms with Gasteiger partial charge in [0.25, 0.3) is 0 Å². The molecular weight excluding hydrogens is 214 g/mol. The number of pyridine rings is 1. The van der Waals surface area contributed by atoms with E-state index in [2.05, 4.69) is 41.6 Å². The molecule has 0 fully saturated rings. The summed E-state index contributed by atoms with van der Waals surface area (Å²) < 4.78 is 1.33. The molecule has 1 aromatic carbocycles. The maximum Gasteiger partial charge on any atom is 0.0711 e. The van der Waals surface area contributed by atoms with Crippen LogP contribution in [0.2, 0.25) is 0 Å². The van der Waals surface area contributed by atoms with Crippen LogP contribution in [0.15, 0.2) is 48.0 Å². The lowest BCUT2D eigenvalue weighted by Crippen LogP contribution is -1.86. The maximum atomic E-state index is 4.44. The minimum absolute atomic E-state index is 1.06. The Bertz CT molecular complexity index is 626. The quantitative estimate of drug-likeness (QED) is 0.602. The van der Waals surface area contributed by atoms with E-state index in [1.54, 1.807) is 11.3 Å². The van der Waals surface area contributed by atoms with Crippen molar-refractivity contribution in [3.63, 3.8) is 0 Å². The Hall–Kier alpha value is -1.67. The summed E-state index contributed by atoms with van der Waals surface area (Å²) in [6.07, 6.45) is 1.85. The van der Waals surface area contributed by atoms with Crippen molar-refractivity contribution in [1.82, 2.24) is 4.98 Å². The predicted molar refractivity (Wildman–Crippen MR) is 69.8 cm³/mol. The summed E-state index contributed by atoms with van der Waals surface area (Å²) in [5, 5.41) is 3.44. The third-order valence-electron chi connectivity index (χ3n) is 2.76. The molecule has 78 valence electrons. The highest BCUT2D eigenvalue weighted by atomic mass is 32.1. The summed E-state index contributed by atoms with van der Waals surface area (Å²) in [4.78, 5) is 4.44. The van der Waals surface area contributed by atoms with Crippen molar-refractivity contribution in [2.75, 3.05) is 0 Å². The first kappa shape index (κ1) is 9.55. The Balaban J connectivity index is 2.38. The third-order valence-corrected chi connectivity index (χ3v) is 3.65. The summed E-state index contributed by atoms with van der Waals surface area (Å²) >= 11 is 1.78. The van der Waals surface area contributed by atoms with Gasteiger partial charge in [-0.25, -0.2) is 0 Å². The van der Waals surface area contributed by atoms with Crippen LogP contribution in [0.4, 0.5) is 0 Å². The summed E-state index contributed by atoms with van der Waals surface area (Å²) in [7, 11) is 0. The number of benzene rings is 1. The zero-order chi connectivity index (χ0) is 11.0. The summed E-state index contributed by atoms with van der Waals surface area (Å²) in [6, 6.07) is 12.6. The Morgan fingerprint density at radius 2 is 2.00 bits per heavy atom. The highest BCUT2D eigenvalue weighted by Gasteiger charge is 2.08. The first-order valence-corrected chi connectivity index (χ1v) is 6.12. The lowest BCUT2D eigenvalue weighted by molar-refractivity contribution is 1.32. The van der Waals surface area contributed by atoms with E-state index in [1.165, 1.54) is 21.2 Å². The molecule has 0 unspecified atom stereocenters. The van der Waals surface area contributed by atoms with Crippen LogP contribution >= 0.6 is 11.3 Å². The van der Waals surface area contributed by atoms with Crippen molar-refractivity contribution >= 4 is 21.4 Å². The number of hydrogen-bond acceptors (Lipinski definition) is 2. The zero-order valence-corrected chi connectivity index (χ0v) is 9.79. The van der Waals surface area contributed by atoms with Crippen molar-refractivity contribution in [2.24, 2.45) is 0 Å². The number of nitrogens with zero attached hydrogens (tertiary/aromatic N) is 1. The largest absolute Gasteiger partial charge is 0.256 e. The van der Waals surface area contributed by atoms with E-state index in [1.807, 2.05) is 18.3 Å². The Kier molecular flexibility index (Phi) is 2.22. The van der Waals surface area contributed by atoms with Crippen molar-refractivity contribution in [1.29, 1.82) is 0 Å². The van der Waals surface area contributed by atoms with Crippen LogP contribution in [0.25, 0.3) is 21.3 Å². The van der Waals surface area contributed by atoms with Crippen LogP contribution in [0.3, 0.4) is 0 Å². The maximum absolute atomic E-state index is 4.44. The molecule has 0 radical (unpaired) electrons. The minimum atomic E-state index is 1.06. The fourth-order valence-electron chi connectivity index (χ4n) is 2.00. The van der Waals surface area contributed by atoms with Gasteiger partial charge >= 0.3 is 0 Å². The average molecular weight is 225 g/mol. The van der Waals surface area contributed by atoms with Crippen LogP contribution in [0.5, 0.6) is 0 Å². The second kappa shape index (κ2) is 3.72. The Labute approximate surface area is 98.4 Å². The fraction of sp³-hybridized carbons (Fsp3) is 0.0714. The molecule has 0 bridgehead atoms. The van der Waals surface area contributed by atoms with Crippen LogP contribution in [-0.2, 0) is 0 Å². The molecule has 0 saturated carbocycles. The minimum Gasteiger partial charge on any atom is -0.256 e. The second-order valence-electron chi connectivity index (χ2n) is 3.80. The van der Waals surface area contributed by atoms with E-state index in [0.29, 0.717) is 0 Å². The molecule has 16 heavy (non-hydrogen) atoms. The molecular formula is C14H11NS. The standard InChI is InChI=1S/C14H11NS/c1-10-5-6-13-11(7-9-16-13)14(10)12-4-2-3-8-15-12/h2-9H,1H3. The molecule has 3 rings (SSSR count). The van der Waals surface area contributed by atoms with Gasteiger partial charge in [-0.1, -0.05) is 12.1 Å². The number of fused-ring (bicyclic) bond motifs is 1. The molecule has 2 heteroatoms. The molecule has 0 aliphatic carbocycles.